The number of alkyl halides is 2. The van der Waals surface area contributed by atoms with E-state index in [0.717, 1.165) is 19.3 Å². The molecule has 126 valence electrons. The number of fused-ring (bicyclic) bond motifs is 2. The Morgan fingerprint density at radius 1 is 1.18 bits per heavy atom. The standard InChI is InChI=1S/C12H16F2O7S/c13-12(14,22(17,18)19)6-21-10(15)5-20-11(16)9-4-7-1-2-8(9)3-7/h7-9H,1-6H2,(H,17,18,19). The molecule has 2 aliphatic carbocycles. The van der Waals surface area contributed by atoms with Crippen LogP contribution in [0.2, 0.25) is 0 Å². The van der Waals surface area contributed by atoms with E-state index < -0.39 is 40.5 Å². The SMILES string of the molecule is O=C(COC(=O)C1CC2CCC1C2)OCC(F)(F)S(=O)(=O)O. The van der Waals surface area contributed by atoms with Crippen LogP contribution in [0, 0.1) is 17.8 Å². The van der Waals surface area contributed by atoms with Crippen LogP contribution in [0.25, 0.3) is 0 Å². The number of hydrogen-bond donors (Lipinski definition) is 1. The Labute approximate surface area is 125 Å². The third-order valence-electron chi connectivity index (χ3n) is 4.15. The van der Waals surface area contributed by atoms with Gasteiger partial charge >= 0.3 is 27.3 Å². The summed E-state index contributed by atoms with van der Waals surface area (Å²) in [4.78, 5) is 23.0. The third kappa shape index (κ3) is 3.72. The van der Waals surface area contributed by atoms with Crippen LogP contribution >= 0.6 is 0 Å². The molecule has 0 amide bonds. The average molecular weight is 342 g/mol. The monoisotopic (exact) mass is 342 g/mol. The van der Waals surface area contributed by atoms with Gasteiger partial charge in [0.25, 0.3) is 0 Å². The number of ether oxygens (including phenoxy) is 2. The van der Waals surface area contributed by atoms with Crippen LogP contribution in [0.1, 0.15) is 25.7 Å². The Morgan fingerprint density at radius 2 is 1.86 bits per heavy atom. The van der Waals surface area contributed by atoms with Crippen LogP contribution < -0.4 is 0 Å². The molecular formula is C12H16F2O7S. The first-order valence-electron chi connectivity index (χ1n) is 6.77. The second-order valence-electron chi connectivity index (χ2n) is 5.66. The van der Waals surface area contributed by atoms with E-state index in [0.29, 0.717) is 12.3 Å². The van der Waals surface area contributed by atoms with Gasteiger partial charge in [0.05, 0.1) is 5.92 Å². The lowest BCUT2D eigenvalue weighted by Gasteiger charge is -2.19. The molecule has 10 heteroatoms. The summed E-state index contributed by atoms with van der Waals surface area (Å²) in [5, 5.41) is -4.60. The molecule has 1 N–H and O–H groups in total. The van der Waals surface area contributed by atoms with Crippen molar-refractivity contribution in [2.45, 2.75) is 30.9 Å². The summed E-state index contributed by atoms with van der Waals surface area (Å²) in [5.74, 6) is -1.39. The van der Waals surface area contributed by atoms with Crippen LogP contribution in [0.4, 0.5) is 8.78 Å². The van der Waals surface area contributed by atoms with E-state index in [4.69, 9.17) is 9.29 Å². The molecule has 0 aliphatic heterocycles. The highest BCUT2D eigenvalue weighted by molar-refractivity contribution is 7.86. The fourth-order valence-corrected chi connectivity index (χ4v) is 3.26. The van der Waals surface area contributed by atoms with Crippen molar-refractivity contribution in [3.63, 3.8) is 0 Å². The molecule has 0 aromatic carbocycles. The molecule has 3 atom stereocenters. The van der Waals surface area contributed by atoms with E-state index in [9.17, 15) is 26.8 Å². The lowest BCUT2D eigenvalue weighted by atomic mass is 9.89. The molecule has 2 bridgehead atoms. The molecule has 7 nitrogen and oxygen atoms in total. The highest BCUT2D eigenvalue weighted by atomic mass is 32.2. The van der Waals surface area contributed by atoms with Gasteiger partial charge in [-0.05, 0) is 31.1 Å². The topological polar surface area (TPSA) is 107 Å². The van der Waals surface area contributed by atoms with Gasteiger partial charge in [-0.1, -0.05) is 6.42 Å². The second kappa shape index (κ2) is 6.07. The number of rotatable bonds is 6. The zero-order valence-corrected chi connectivity index (χ0v) is 12.4. The summed E-state index contributed by atoms with van der Waals surface area (Å²) in [5.41, 5.74) is 0. The summed E-state index contributed by atoms with van der Waals surface area (Å²) < 4.78 is 63.2. The lowest BCUT2D eigenvalue weighted by Crippen LogP contribution is -2.35. The van der Waals surface area contributed by atoms with Crippen molar-refractivity contribution in [3.8, 4) is 0 Å². The number of carbonyl (C=O) groups excluding carboxylic acids is 2. The zero-order valence-electron chi connectivity index (χ0n) is 11.5. The van der Waals surface area contributed by atoms with Crippen LogP contribution in [-0.4, -0.2) is 43.4 Å². The van der Waals surface area contributed by atoms with Crippen molar-refractivity contribution >= 4 is 22.1 Å². The largest absolute Gasteiger partial charge is 0.455 e. The minimum absolute atomic E-state index is 0.248. The summed E-state index contributed by atoms with van der Waals surface area (Å²) in [6.07, 6.45) is 3.70. The zero-order chi connectivity index (χ0) is 16.5. The first kappa shape index (κ1) is 17.1. The molecule has 3 unspecified atom stereocenters. The van der Waals surface area contributed by atoms with E-state index >= 15 is 0 Å². The molecular weight excluding hydrogens is 326 g/mol. The molecule has 0 aromatic heterocycles. The molecule has 0 heterocycles. The van der Waals surface area contributed by atoms with Crippen molar-refractivity contribution in [2.24, 2.45) is 17.8 Å². The number of halogens is 2. The van der Waals surface area contributed by atoms with Gasteiger partial charge in [0.15, 0.2) is 13.2 Å². The van der Waals surface area contributed by atoms with Crippen LogP contribution in [0.5, 0.6) is 0 Å². The molecule has 0 aromatic rings. The Bertz CT molecular complexity index is 560. The number of carbonyl (C=O) groups is 2. The third-order valence-corrected chi connectivity index (χ3v) is 5.02. The van der Waals surface area contributed by atoms with Crippen molar-refractivity contribution in [3.05, 3.63) is 0 Å². The normalized spacial score (nSPS) is 27.7. The van der Waals surface area contributed by atoms with Crippen LogP contribution in [-0.2, 0) is 29.2 Å². The summed E-state index contributed by atoms with van der Waals surface area (Å²) in [7, 11) is -5.67. The molecule has 0 saturated heterocycles. The molecule has 2 fully saturated rings. The van der Waals surface area contributed by atoms with Gasteiger partial charge < -0.3 is 9.47 Å². The predicted octanol–water partition coefficient (Wildman–Crippen LogP) is 0.990. The van der Waals surface area contributed by atoms with Gasteiger partial charge in [-0.3, -0.25) is 9.35 Å². The van der Waals surface area contributed by atoms with Crippen LogP contribution in [0.3, 0.4) is 0 Å². The first-order chi connectivity index (χ1) is 10.1. The highest BCUT2D eigenvalue weighted by Crippen LogP contribution is 2.48. The molecule has 0 spiro atoms. The number of hydrogen-bond acceptors (Lipinski definition) is 6. The quantitative estimate of drug-likeness (QED) is 0.566. The van der Waals surface area contributed by atoms with Gasteiger partial charge in [0.1, 0.15) is 0 Å². The fraction of sp³-hybridized carbons (Fsp3) is 0.833. The molecule has 22 heavy (non-hydrogen) atoms. The minimum Gasteiger partial charge on any atom is -0.455 e. The van der Waals surface area contributed by atoms with Gasteiger partial charge in [-0.2, -0.15) is 17.2 Å². The average Bonchev–Trinajstić information content (AvgIpc) is 3.03. The molecule has 2 saturated carbocycles. The smallest absolute Gasteiger partial charge is 0.402 e. The maximum absolute atomic E-state index is 12.8. The van der Waals surface area contributed by atoms with Crippen LogP contribution in [0.15, 0.2) is 0 Å². The Balaban J connectivity index is 1.73. The molecule has 2 rings (SSSR count). The predicted molar refractivity (Wildman–Crippen MR) is 67.4 cm³/mol. The molecule has 2 aliphatic rings. The van der Waals surface area contributed by atoms with E-state index in [-0.39, 0.29) is 11.8 Å². The van der Waals surface area contributed by atoms with Gasteiger partial charge in [-0.15, -0.1) is 0 Å². The highest BCUT2D eigenvalue weighted by Gasteiger charge is 2.46. The van der Waals surface area contributed by atoms with Crippen molar-refractivity contribution in [2.75, 3.05) is 13.2 Å². The fourth-order valence-electron chi connectivity index (χ4n) is 3.05. The Kier molecular flexibility index (Phi) is 4.71. The summed E-state index contributed by atoms with van der Waals surface area (Å²) in [6.45, 7) is -2.70. The maximum atomic E-state index is 12.8. The van der Waals surface area contributed by atoms with Gasteiger partial charge in [0.2, 0.25) is 0 Å². The van der Waals surface area contributed by atoms with E-state index in [1.54, 1.807) is 0 Å². The van der Waals surface area contributed by atoms with E-state index in [2.05, 4.69) is 4.74 Å². The maximum Gasteiger partial charge on any atom is 0.402 e. The Morgan fingerprint density at radius 3 is 2.36 bits per heavy atom. The van der Waals surface area contributed by atoms with Crippen molar-refractivity contribution in [1.82, 2.24) is 0 Å². The van der Waals surface area contributed by atoms with Crippen molar-refractivity contribution in [1.29, 1.82) is 0 Å². The lowest BCUT2D eigenvalue weighted by molar-refractivity contribution is -0.165. The van der Waals surface area contributed by atoms with Gasteiger partial charge in [0, 0.05) is 0 Å². The summed E-state index contributed by atoms with van der Waals surface area (Å²) >= 11 is 0. The van der Waals surface area contributed by atoms with Gasteiger partial charge in [-0.25, -0.2) is 4.79 Å². The second-order valence-corrected chi connectivity index (χ2v) is 7.21. The first-order valence-corrected chi connectivity index (χ1v) is 8.21. The molecule has 0 radical (unpaired) electrons. The number of esters is 2. The summed E-state index contributed by atoms with van der Waals surface area (Å²) in [6, 6.07) is 0. The minimum atomic E-state index is -5.67. The van der Waals surface area contributed by atoms with Crippen molar-refractivity contribution < 1.29 is 40.8 Å². The van der Waals surface area contributed by atoms with E-state index in [1.165, 1.54) is 0 Å². The van der Waals surface area contributed by atoms with E-state index in [1.807, 2.05) is 0 Å². The Hall–Kier alpha value is -1.29.